The predicted octanol–water partition coefficient (Wildman–Crippen LogP) is 0.580. The molecule has 0 bridgehead atoms. The van der Waals surface area contributed by atoms with Gasteiger partial charge >= 0.3 is 0 Å². The van der Waals surface area contributed by atoms with E-state index >= 15 is 0 Å². The van der Waals surface area contributed by atoms with Gasteiger partial charge in [-0.15, -0.1) is 0 Å². The second-order valence-corrected chi connectivity index (χ2v) is 10.8. The molecule has 5 rings (SSSR count). The van der Waals surface area contributed by atoms with Gasteiger partial charge < -0.3 is 9.72 Å². The Morgan fingerprint density at radius 3 is 2.38 bits per heavy atom. The first kappa shape index (κ1) is 23.1. The number of aromatic nitrogens is 4. The predicted molar refractivity (Wildman–Crippen MR) is 127 cm³/mol. The highest BCUT2D eigenvalue weighted by Crippen LogP contribution is 2.20. The lowest BCUT2D eigenvalue weighted by molar-refractivity contribution is -0.0457. The molecule has 2 atom stereocenters. The Kier molecular flexibility index (Phi) is 6.25. The van der Waals surface area contributed by atoms with E-state index in [9.17, 15) is 13.2 Å². The van der Waals surface area contributed by atoms with E-state index in [1.807, 2.05) is 44.2 Å². The highest BCUT2D eigenvalue weighted by atomic mass is 32.2. The van der Waals surface area contributed by atoms with E-state index in [4.69, 9.17) is 4.74 Å². The topological polar surface area (TPSA) is 117 Å². The van der Waals surface area contributed by atoms with Crippen LogP contribution in [0.3, 0.4) is 0 Å². The zero-order chi connectivity index (χ0) is 23.9. The van der Waals surface area contributed by atoms with E-state index in [0.717, 1.165) is 5.69 Å². The molecule has 182 valence electrons. The quantitative estimate of drug-likeness (QED) is 0.560. The van der Waals surface area contributed by atoms with E-state index in [-0.39, 0.29) is 17.8 Å². The average molecular weight is 488 g/mol. The van der Waals surface area contributed by atoms with Crippen molar-refractivity contribution in [3.8, 4) is 5.69 Å². The summed E-state index contributed by atoms with van der Waals surface area (Å²) >= 11 is 0. The summed E-state index contributed by atoms with van der Waals surface area (Å²) in [6.07, 6.45) is 1.28. The second kappa shape index (κ2) is 9.19. The number of benzene rings is 1. The maximum atomic E-state index is 13.1. The van der Waals surface area contributed by atoms with Crippen LogP contribution in [0.25, 0.3) is 16.7 Å². The van der Waals surface area contributed by atoms with Crippen molar-refractivity contribution < 1.29 is 13.2 Å². The number of H-pyrrole nitrogens is 1. The first-order chi connectivity index (χ1) is 16.3. The Morgan fingerprint density at radius 1 is 1.03 bits per heavy atom. The molecule has 2 aliphatic rings. The fourth-order valence-electron chi connectivity index (χ4n) is 4.61. The van der Waals surface area contributed by atoms with Gasteiger partial charge in [0.15, 0.2) is 5.65 Å². The Balaban J connectivity index is 1.28. The van der Waals surface area contributed by atoms with Crippen LogP contribution >= 0.6 is 0 Å². The summed E-state index contributed by atoms with van der Waals surface area (Å²) < 4.78 is 36.7. The van der Waals surface area contributed by atoms with Crippen LogP contribution < -0.4 is 5.56 Å². The van der Waals surface area contributed by atoms with Gasteiger partial charge in [-0.1, -0.05) is 18.2 Å². The van der Waals surface area contributed by atoms with Crippen molar-refractivity contribution in [2.75, 3.05) is 39.3 Å². The molecule has 11 nitrogen and oxygen atoms in total. The maximum Gasteiger partial charge on any atom is 0.282 e. The fraction of sp³-hybridized carbons (Fsp3) is 0.500. The first-order valence-corrected chi connectivity index (χ1v) is 12.9. The molecule has 12 heteroatoms. The molecular formula is C22H29N7O4S. The van der Waals surface area contributed by atoms with E-state index in [0.29, 0.717) is 62.7 Å². The highest BCUT2D eigenvalue weighted by Gasteiger charge is 2.36. The van der Waals surface area contributed by atoms with E-state index in [1.54, 1.807) is 4.68 Å². The third-order valence-electron chi connectivity index (χ3n) is 6.23. The number of aromatic amines is 1. The lowest BCUT2D eigenvalue weighted by Gasteiger charge is -2.40. The summed E-state index contributed by atoms with van der Waals surface area (Å²) in [5.74, 6) is 0.530. The Morgan fingerprint density at radius 2 is 1.71 bits per heavy atom. The zero-order valence-corrected chi connectivity index (χ0v) is 20.1. The van der Waals surface area contributed by atoms with Crippen molar-refractivity contribution in [2.24, 2.45) is 0 Å². The van der Waals surface area contributed by atoms with E-state index in [2.05, 4.69) is 20.0 Å². The van der Waals surface area contributed by atoms with Gasteiger partial charge in [0.25, 0.3) is 15.8 Å². The molecule has 0 amide bonds. The second-order valence-electron chi connectivity index (χ2n) is 8.90. The minimum Gasteiger partial charge on any atom is -0.373 e. The molecule has 34 heavy (non-hydrogen) atoms. The summed E-state index contributed by atoms with van der Waals surface area (Å²) in [5, 5.41) is 4.77. The van der Waals surface area contributed by atoms with E-state index < -0.39 is 10.2 Å². The first-order valence-electron chi connectivity index (χ1n) is 11.5. The third kappa shape index (κ3) is 4.51. The molecule has 0 saturated carbocycles. The molecule has 0 unspecified atom stereocenters. The minimum atomic E-state index is -3.54. The van der Waals surface area contributed by atoms with Crippen molar-refractivity contribution in [3.63, 3.8) is 0 Å². The van der Waals surface area contributed by atoms with Crippen LogP contribution in [-0.4, -0.2) is 93.2 Å². The number of piperazine rings is 1. The van der Waals surface area contributed by atoms with Crippen molar-refractivity contribution in [2.45, 2.75) is 32.6 Å². The Hall–Kier alpha value is -2.64. The molecule has 0 spiro atoms. The molecule has 2 fully saturated rings. The third-order valence-corrected chi connectivity index (χ3v) is 8.20. The van der Waals surface area contributed by atoms with Crippen LogP contribution in [0.15, 0.2) is 41.3 Å². The molecule has 4 heterocycles. The number of rotatable bonds is 5. The summed E-state index contributed by atoms with van der Waals surface area (Å²) in [6, 6.07) is 9.54. The van der Waals surface area contributed by atoms with Gasteiger partial charge in [-0.3, -0.25) is 9.69 Å². The number of nitrogens with one attached hydrogen (secondary N) is 1. The van der Waals surface area contributed by atoms with Crippen LogP contribution in [0.5, 0.6) is 0 Å². The van der Waals surface area contributed by atoms with Crippen LogP contribution in [0, 0.1) is 0 Å². The normalized spacial score (nSPS) is 23.5. The van der Waals surface area contributed by atoms with Gasteiger partial charge in [-0.25, -0.2) is 9.67 Å². The molecule has 2 aromatic heterocycles. The monoisotopic (exact) mass is 487 g/mol. The van der Waals surface area contributed by atoms with Gasteiger partial charge in [-0.05, 0) is 26.0 Å². The lowest BCUT2D eigenvalue weighted by Crippen LogP contribution is -2.57. The smallest absolute Gasteiger partial charge is 0.282 e. The van der Waals surface area contributed by atoms with Crippen LogP contribution in [0.4, 0.5) is 0 Å². The number of fused-ring (bicyclic) bond motifs is 1. The minimum absolute atomic E-state index is 0.123. The molecule has 1 N–H and O–H groups in total. The lowest BCUT2D eigenvalue weighted by atomic mass is 10.3. The number of hydrogen-bond acceptors (Lipinski definition) is 7. The number of nitrogens with zero attached hydrogens (tertiary/aromatic N) is 6. The van der Waals surface area contributed by atoms with Gasteiger partial charge in [0, 0.05) is 39.3 Å². The van der Waals surface area contributed by atoms with Gasteiger partial charge in [-0.2, -0.15) is 22.1 Å². The number of ether oxygens (including phenoxy) is 1. The van der Waals surface area contributed by atoms with Crippen LogP contribution in [-0.2, 0) is 21.5 Å². The molecular weight excluding hydrogens is 458 g/mol. The van der Waals surface area contributed by atoms with Crippen molar-refractivity contribution in [1.29, 1.82) is 0 Å². The summed E-state index contributed by atoms with van der Waals surface area (Å²) in [7, 11) is -3.54. The molecule has 1 aromatic carbocycles. The number of para-hydroxylation sites is 1. The maximum absolute atomic E-state index is 13.1. The standard InChI is InChI=1S/C22H29N7O4S/c1-16-13-28(14-17(2)33-16)34(31,32)27-10-8-26(9-11-27)15-20-24-21-19(22(30)25-20)12-23-29(21)18-6-4-3-5-7-18/h3-7,12,16-17H,8-11,13-15H2,1-2H3,(H,24,25,30)/t16-,17-/m1/s1. The van der Waals surface area contributed by atoms with Gasteiger partial charge in [0.2, 0.25) is 0 Å². The molecule has 0 aliphatic carbocycles. The van der Waals surface area contributed by atoms with Gasteiger partial charge in [0.1, 0.15) is 11.2 Å². The van der Waals surface area contributed by atoms with Crippen LogP contribution in [0.2, 0.25) is 0 Å². The molecule has 2 aliphatic heterocycles. The summed E-state index contributed by atoms with van der Waals surface area (Å²) in [6.45, 7) is 6.82. The fourth-order valence-corrected chi connectivity index (χ4v) is 6.36. The average Bonchev–Trinajstić information content (AvgIpc) is 3.24. The van der Waals surface area contributed by atoms with Gasteiger partial charge in [0.05, 0.1) is 30.6 Å². The summed E-state index contributed by atoms with van der Waals surface area (Å²) in [5.41, 5.74) is 1.09. The SMILES string of the molecule is C[C@@H]1CN(S(=O)(=O)N2CCN(Cc3nc4c(cnn4-c4ccccc4)c(=O)[nH]3)CC2)C[C@@H](C)O1. The Bertz CT molecular complexity index is 1310. The molecule has 0 radical (unpaired) electrons. The van der Waals surface area contributed by atoms with E-state index in [1.165, 1.54) is 14.8 Å². The summed E-state index contributed by atoms with van der Waals surface area (Å²) in [4.78, 5) is 22.3. The van der Waals surface area contributed by atoms with Crippen molar-refractivity contribution >= 4 is 21.2 Å². The Labute approximate surface area is 198 Å². The largest absolute Gasteiger partial charge is 0.373 e. The molecule has 3 aromatic rings. The molecule has 2 saturated heterocycles. The number of hydrogen-bond donors (Lipinski definition) is 1. The zero-order valence-electron chi connectivity index (χ0n) is 19.3. The van der Waals surface area contributed by atoms with Crippen molar-refractivity contribution in [1.82, 2.24) is 33.3 Å². The van der Waals surface area contributed by atoms with Crippen LogP contribution in [0.1, 0.15) is 19.7 Å². The van der Waals surface area contributed by atoms with Crippen molar-refractivity contribution in [3.05, 3.63) is 52.7 Å². The number of morpholine rings is 1. The highest BCUT2D eigenvalue weighted by molar-refractivity contribution is 7.86.